The Morgan fingerprint density at radius 3 is 2.23 bits per heavy atom. The maximum atomic E-state index is 13.2. The molecule has 0 aliphatic carbocycles. The third-order valence-corrected chi connectivity index (χ3v) is 7.05. The summed E-state index contributed by atoms with van der Waals surface area (Å²) < 4.78 is 10.6. The number of carbonyl (C=O) groups excluding carboxylic acids is 3. The van der Waals surface area contributed by atoms with Gasteiger partial charge in [0.05, 0.1) is 12.5 Å². The van der Waals surface area contributed by atoms with Crippen molar-refractivity contribution in [2.75, 3.05) is 13.1 Å². The van der Waals surface area contributed by atoms with E-state index in [9.17, 15) is 14.4 Å². The fourth-order valence-electron chi connectivity index (χ4n) is 4.60. The summed E-state index contributed by atoms with van der Waals surface area (Å²) in [5, 5.41) is 9.46. The summed E-state index contributed by atoms with van der Waals surface area (Å²) in [4.78, 5) is 42.5. The number of alkyl carbamates (subject to hydrolysis) is 1. The Balaban J connectivity index is 1.25. The van der Waals surface area contributed by atoms with E-state index in [1.807, 2.05) is 60.7 Å². The lowest BCUT2D eigenvalue weighted by Gasteiger charge is -2.16. The number of carbonyl (C=O) groups is 3. The number of aryl methyl sites for hydroxylation is 1. The van der Waals surface area contributed by atoms with Crippen LogP contribution in [0.5, 0.6) is 0 Å². The number of amides is 2. The number of rotatable bonds is 17. The standard InChI is InChI=1S/C34H39N5O5/c35-21-9-7-16-29(37-34(42)43-24-27-14-5-2-6-15-27)31(40)32-38-30(44-39-32)23-26-17-19-28(20-18-26)33(41)36-22-10-8-13-25-11-3-1-4-12-25/h1-6,11-12,14-15,17-20,29H,7-10,13,16,21-24,35H2,(H,36,41)(H,37,42)/t29-/m0/s1. The van der Waals surface area contributed by atoms with Crippen molar-refractivity contribution in [3.8, 4) is 0 Å². The van der Waals surface area contributed by atoms with Crippen molar-refractivity contribution in [1.29, 1.82) is 0 Å². The SMILES string of the molecule is NCCCC[C@H](NC(=O)OCc1ccccc1)C(=O)c1noc(Cc2ccc(C(=O)NCCCCc3ccccc3)cc2)n1. The van der Waals surface area contributed by atoms with Gasteiger partial charge in [-0.15, -0.1) is 0 Å². The van der Waals surface area contributed by atoms with Gasteiger partial charge in [0.25, 0.3) is 5.91 Å². The zero-order valence-corrected chi connectivity index (χ0v) is 24.7. The molecular weight excluding hydrogens is 558 g/mol. The van der Waals surface area contributed by atoms with Crippen molar-refractivity contribution in [3.05, 3.63) is 119 Å². The van der Waals surface area contributed by atoms with Crippen molar-refractivity contribution in [1.82, 2.24) is 20.8 Å². The second-order valence-corrected chi connectivity index (χ2v) is 10.5. The van der Waals surface area contributed by atoms with Crippen LogP contribution >= 0.6 is 0 Å². The Labute approximate surface area is 257 Å². The first-order valence-corrected chi connectivity index (χ1v) is 15.0. The van der Waals surface area contributed by atoms with Crippen molar-refractivity contribution in [2.24, 2.45) is 5.73 Å². The van der Waals surface area contributed by atoms with E-state index in [1.165, 1.54) is 5.56 Å². The molecule has 10 heteroatoms. The zero-order valence-electron chi connectivity index (χ0n) is 24.7. The van der Waals surface area contributed by atoms with Crippen molar-refractivity contribution >= 4 is 17.8 Å². The molecule has 4 rings (SSSR count). The lowest BCUT2D eigenvalue weighted by atomic mass is 10.0. The zero-order chi connectivity index (χ0) is 31.0. The van der Waals surface area contributed by atoms with Gasteiger partial charge < -0.3 is 25.6 Å². The molecule has 0 radical (unpaired) electrons. The smallest absolute Gasteiger partial charge is 0.408 e. The Morgan fingerprint density at radius 2 is 1.52 bits per heavy atom. The average molecular weight is 598 g/mol. The molecular formula is C34H39N5O5. The van der Waals surface area contributed by atoms with Gasteiger partial charge in [0, 0.05) is 12.1 Å². The molecule has 0 aliphatic heterocycles. The Hall–Kier alpha value is -4.83. The van der Waals surface area contributed by atoms with Crippen LogP contribution in [0.2, 0.25) is 0 Å². The van der Waals surface area contributed by atoms with Crippen LogP contribution < -0.4 is 16.4 Å². The van der Waals surface area contributed by atoms with Gasteiger partial charge in [0.1, 0.15) is 6.61 Å². The van der Waals surface area contributed by atoms with Gasteiger partial charge >= 0.3 is 6.09 Å². The van der Waals surface area contributed by atoms with Crippen LogP contribution in [0.3, 0.4) is 0 Å². The number of nitrogens with two attached hydrogens (primary N) is 1. The molecule has 0 spiro atoms. The number of ketones is 1. The molecule has 2 amide bonds. The highest BCUT2D eigenvalue weighted by Crippen LogP contribution is 2.13. The van der Waals surface area contributed by atoms with E-state index in [-0.39, 0.29) is 30.7 Å². The molecule has 3 aromatic carbocycles. The Morgan fingerprint density at radius 1 is 0.818 bits per heavy atom. The van der Waals surface area contributed by atoms with Gasteiger partial charge in [-0.3, -0.25) is 9.59 Å². The van der Waals surface area contributed by atoms with Crippen LogP contribution in [0.25, 0.3) is 0 Å². The van der Waals surface area contributed by atoms with E-state index in [1.54, 1.807) is 12.1 Å². The van der Waals surface area contributed by atoms with Crippen molar-refractivity contribution < 1.29 is 23.6 Å². The predicted octanol–water partition coefficient (Wildman–Crippen LogP) is 5.02. The minimum Gasteiger partial charge on any atom is -0.445 e. The summed E-state index contributed by atoms with van der Waals surface area (Å²) >= 11 is 0. The number of nitrogens with zero attached hydrogens (tertiary/aromatic N) is 2. The minimum atomic E-state index is -0.883. The highest BCUT2D eigenvalue weighted by molar-refractivity contribution is 5.98. The number of hydrogen-bond acceptors (Lipinski definition) is 8. The molecule has 0 saturated carbocycles. The largest absolute Gasteiger partial charge is 0.445 e. The highest BCUT2D eigenvalue weighted by atomic mass is 16.5. The van der Waals surface area contributed by atoms with Crippen LogP contribution in [-0.2, 0) is 24.2 Å². The van der Waals surface area contributed by atoms with Gasteiger partial charge in [0.15, 0.2) is 0 Å². The molecule has 1 heterocycles. The monoisotopic (exact) mass is 597 g/mol. The lowest BCUT2D eigenvalue weighted by Crippen LogP contribution is -2.41. The highest BCUT2D eigenvalue weighted by Gasteiger charge is 2.27. The number of unbranched alkanes of at least 4 members (excludes halogenated alkanes) is 2. The summed E-state index contributed by atoms with van der Waals surface area (Å²) in [7, 11) is 0. The van der Waals surface area contributed by atoms with Crippen molar-refractivity contribution in [3.63, 3.8) is 0 Å². The molecule has 1 atom stereocenters. The summed E-state index contributed by atoms with van der Waals surface area (Å²) in [5.74, 6) is -0.470. The number of hydrogen-bond donors (Lipinski definition) is 3. The van der Waals surface area contributed by atoms with Crippen LogP contribution in [0.1, 0.15) is 75.7 Å². The molecule has 0 fully saturated rings. The first-order chi connectivity index (χ1) is 21.5. The molecule has 0 saturated heterocycles. The molecule has 10 nitrogen and oxygen atoms in total. The molecule has 0 aliphatic rings. The Kier molecular flexibility index (Phi) is 12.6. The van der Waals surface area contributed by atoms with E-state index < -0.39 is 17.9 Å². The van der Waals surface area contributed by atoms with Gasteiger partial charge in [-0.25, -0.2) is 4.79 Å². The Bertz CT molecular complexity index is 1460. The van der Waals surface area contributed by atoms with Crippen LogP contribution in [0.4, 0.5) is 4.79 Å². The van der Waals surface area contributed by atoms with E-state index in [0.717, 1.165) is 30.4 Å². The van der Waals surface area contributed by atoms with E-state index in [2.05, 4.69) is 32.9 Å². The van der Waals surface area contributed by atoms with E-state index in [4.69, 9.17) is 15.0 Å². The molecule has 230 valence electrons. The second-order valence-electron chi connectivity index (χ2n) is 10.5. The first kappa shape index (κ1) is 32.1. The summed E-state index contributed by atoms with van der Waals surface area (Å²) in [6.45, 7) is 1.16. The minimum absolute atomic E-state index is 0.0813. The number of Topliss-reactive ketones (excluding diaryl/α,β-unsaturated/α-hetero) is 1. The third-order valence-electron chi connectivity index (χ3n) is 7.05. The quantitative estimate of drug-likeness (QED) is 0.113. The maximum absolute atomic E-state index is 13.2. The topological polar surface area (TPSA) is 149 Å². The second kappa shape index (κ2) is 17.3. The number of nitrogens with one attached hydrogen (secondary N) is 2. The lowest BCUT2D eigenvalue weighted by molar-refractivity contribution is 0.0896. The molecule has 1 aromatic heterocycles. The van der Waals surface area contributed by atoms with E-state index >= 15 is 0 Å². The van der Waals surface area contributed by atoms with Crippen LogP contribution in [0.15, 0.2) is 89.5 Å². The van der Waals surface area contributed by atoms with Gasteiger partial charge in [-0.1, -0.05) is 78.0 Å². The normalized spacial score (nSPS) is 11.5. The molecule has 4 aromatic rings. The van der Waals surface area contributed by atoms with Gasteiger partial charge in [-0.2, -0.15) is 4.98 Å². The van der Waals surface area contributed by atoms with Crippen LogP contribution in [0, 0.1) is 0 Å². The van der Waals surface area contributed by atoms with Crippen molar-refractivity contribution in [2.45, 2.75) is 57.6 Å². The fraction of sp³-hybridized carbons (Fsp3) is 0.324. The predicted molar refractivity (Wildman–Crippen MR) is 166 cm³/mol. The fourth-order valence-corrected chi connectivity index (χ4v) is 4.60. The molecule has 4 N–H and O–H groups in total. The molecule has 44 heavy (non-hydrogen) atoms. The third kappa shape index (κ3) is 10.5. The first-order valence-electron chi connectivity index (χ1n) is 15.0. The van der Waals surface area contributed by atoms with Gasteiger partial charge in [0.2, 0.25) is 17.5 Å². The van der Waals surface area contributed by atoms with Gasteiger partial charge in [-0.05, 0) is 73.9 Å². The molecule has 0 bridgehead atoms. The summed E-state index contributed by atoms with van der Waals surface area (Å²) in [5.41, 5.74) is 9.14. The number of aromatic nitrogens is 2. The number of ether oxygens (including phenoxy) is 1. The summed E-state index contributed by atoms with van der Waals surface area (Å²) in [6, 6.07) is 25.8. The average Bonchev–Trinajstić information content (AvgIpc) is 3.52. The maximum Gasteiger partial charge on any atom is 0.408 e. The van der Waals surface area contributed by atoms with E-state index in [0.29, 0.717) is 37.9 Å². The van der Waals surface area contributed by atoms with Crippen LogP contribution in [-0.4, -0.2) is 47.1 Å². The molecule has 0 unspecified atom stereocenters. The number of benzene rings is 3. The summed E-state index contributed by atoms with van der Waals surface area (Å²) in [6.07, 6.45) is 4.15.